The van der Waals surface area contributed by atoms with Gasteiger partial charge in [0.15, 0.2) is 11.5 Å². The Morgan fingerprint density at radius 1 is 1.03 bits per heavy atom. The molecule has 10 heteroatoms. The maximum atomic E-state index is 12.7. The summed E-state index contributed by atoms with van der Waals surface area (Å²) in [4.78, 5) is 26.8. The second kappa shape index (κ2) is 9.50. The van der Waals surface area contributed by atoms with Crippen LogP contribution in [-0.4, -0.2) is 46.3 Å². The van der Waals surface area contributed by atoms with Crippen molar-refractivity contribution >= 4 is 23.2 Å². The highest BCUT2D eigenvalue weighted by atomic mass is 19.3. The van der Waals surface area contributed by atoms with Crippen molar-refractivity contribution in [1.82, 2.24) is 0 Å². The van der Waals surface area contributed by atoms with Crippen LogP contribution in [0.1, 0.15) is 6.42 Å². The minimum atomic E-state index is -3.04. The SMILES string of the molecule is COc1ccc(N2CC(C(=O)Nc3ccc(OC)c(OC(F)F)c3)CC2=O)c(OC)c1. The number of hydrogen-bond donors (Lipinski definition) is 1. The zero-order chi connectivity index (χ0) is 22.5. The van der Waals surface area contributed by atoms with Gasteiger partial charge in [-0.3, -0.25) is 9.59 Å². The number of nitrogens with one attached hydrogen (secondary N) is 1. The predicted octanol–water partition coefficient (Wildman–Crippen LogP) is 3.31. The molecule has 3 rings (SSSR count). The topological polar surface area (TPSA) is 86.3 Å². The highest BCUT2D eigenvalue weighted by Crippen LogP contribution is 2.36. The molecular weight excluding hydrogens is 414 g/mol. The molecule has 166 valence electrons. The molecule has 1 atom stereocenters. The van der Waals surface area contributed by atoms with Gasteiger partial charge in [-0.1, -0.05) is 0 Å². The largest absolute Gasteiger partial charge is 0.497 e. The van der Waals surface area contributed by atoms with Crippen LogP contribution in [-0.2, 0) is 9.59 Å². The number of halogens is 2. The number of benzene rings is 2. The van der Waals surface area contributed by atoms with Crippen LogP contribution in [0.25, 0.3) is 0 Å². The smallest absolute Gasteiger partial charge is 0.387 e. The Hall–Kier alpha value is -3.56. The second-order valence-corrected chi connectivity index (χ2v) is 6.68. The Labute approximate surface area is 177 Å². The molecule has 1 fully saturated rings. The zero-order valence-corrected chi connectivity index (χ0v) is 17.2. The maximum Gasteiger partial charge on any atom is 0.387 e. The average Bonchev–Trinajstić information content (AvgIpc) is 3.14. The number of ether oxygens (including phenoxy) is 4. The first-order chi connectivity index (χ1) is 14.9. The van der Waals surface area contributed by atoms with Crippen LogP contribution in [0.3, 0.4) is 0 Å². The van der Waals surface area contributed by atoms with Gasteiger partial charge >= 0.3 is 6.61 Å². The van der Waals surface area contributed by atoms with Gasteiger partial charge in [-0.15, -0.1) is 0 Å². The molecule has 0 aromatic heterocycles. The Balaban J connectivity index is 1.74. The number of carbonyl (C=O) groups is 2. The van der Waals surface area contributed by atoms with Crippen LogP contribution in [0, 0.1) is 5.92 Å². The lowest BCUT2D eigenvalue weighted by Gasteiger charge is -2.20. The lowest BCUT2D eigenvalue weighted by Crippen LogP contribution is -2.28. The van der Waals surface area contributed by atoms with E-state index >= 15 is 0 Å². The summed E-state index contributed by atoms with van der Waals surface area (Å²) in [6.07, 6.45) is -0.00242. The van der Waals surface area contributed by atoms with E-state index in [2.05, 4.69) is 10.1 Å². The molecule has 0 bridgehead atoms. The maximum absolute atomic E-state index is 12.7. The van der Waals surface area contributed by atoms with E-state index in [1.807, 2.05) is 0 Å². The molecule has 0 spiro atoms. The number of hydrogen-bond acceptors (Lipinski definition) is 6. The van der Waals surface area contributed by atoms with Crippen molar-refractivity contribution in [3.63, 3.8) is 0 Å². The zero-order valence-electron chi connectivity index (χ0n) is 17.2. The summed E-state index contributed by atoms with van der Waals surface area (Å²) in [5.41, 5.74) is 0.773. The normalized spacial score (nSPS) is 15.7. The molecule has 2 aromatic rings. The molecular formula is C21H22F2N2O6. The third-order valence-corrected chi connectivity index (χ3v) is 4.82. The summed E-state index contributed by atoms with van der Waals surface area (Å²) >= 11 is 0. The number of amides is 2. The van der Waals surface area contributed by atoms with Crippen LogP contribution in [0.4, 0.5) is 20.2 Å². The number of alkyl halides is 2. The third-order valence-electron chi connectivity index (χ3n) is 4.82. The molecule has 2 amide bonds. The minimum Gasteiger partial charge on any atom is -0.497 e. The number of anilines is 2. The second-order valence-electron chi connectivity index (χ2n) is 6.68. The number of methoxy groups -OCH3 is 3. The van der Waals surface area contributed by atoms with Gasteiger partial charge in [-0.25, -0.2) is 0 Å². The molecule has 1 aliphatic rings. The van der Waals surface area contributed by atoms with E-state index in [9.17, 15) is 18.4 Å². The van der Waals surface area contributed by atoms with Gasteiger partial charge in [0.25, 0.3) is 0 Å². The standard InChI is InChI=1S/C21H22F2N2O6/c1-28-14-5-6-15(17(10-14)30-3)25-11-12(8-19(25)26)20(27)24-13-4-7-16(29-2)18(9-13)31-21(22)23/h4-7,9-10,12,21H,8,11H2,1-3H3,(H,24,27). The van der Waals surface area contributed by atoms with Crippen molar-refractivity contribution < 1.29 is 37.3 Å². The lowest BCUT2D eigenvalue weighted by atomic mass is 10.1. The molecule has 0 saturated carbocycles. The minimum absolute atomic E-state index is 0.00242. The highest BCUT2D eigenvalue weighted by Gasteiger charge is 2.36. The van der Waals surface area contributed by atoms with Crippen molar-refractivity contribution in [2.75, 3.05) is 38.1 Å². The third kappa shape index (κ3) is 4.96. The van der Waals surface area contributed by atoms with Crippen LogP contribution in [0.5, 0.6) is 23.0 Å². The van der Waals surface area contributed by atoms with Crippen molar-refractivity contribution in [1.29, 1.82) is 0 Å². The van der Waals surface area contributed by atoms with Crippen molar-refractivity contribution in [2.45, 2.75) is 13.0 Å². The van der Waals surface area contributed by atoms with Gasteiger partial charge in [0.2, 0.25) is 11.8 Å². The van der Waals surface area contributed by atoms with E-state index in [1.54, 1.807) is 18.2 Å². The van der Waals surface area contributed by atoms with E-state index in [4.69, 9.17) is 14.2 Å². The predicted molar refractivity (Wildman–Crippen MR) is 108 cm³/mol. The highest BCUT2D eigenvalue weighted by molar-refractivity contribution is 6.04. The van der Waals surface area contributed by atoms with E-state index < -0.39 is 18.4 Å². The molecule has 1 aliphatic heterocycles. The first-order valence-electron chi connectivity index (χ1n) is 9.32. The van der Waals surface area contributed by atoms with E-state index in [1.165, 1.54) is 44.4 Å². The van der Waals surface area contributed by atoms with Gasteiger partial charge < -0.3 is 29.2 Å². The summed E-state index contributed by atoms with van der Waals surface area (Å²) in [7, 11) is 4.32. The lowest BCUT2D eigenvalue weighted by molar-refractivity contribution is -0.122. The quantitative estimate of drug-likeness (QED) is 0.684. The summed E-state index contributed by atoms with van der Waals surface area (Å²) in [5, 5.41) is 2.64. The van der Waals surface area contributed by atoms with Crippen molar-refractivity contribution in [3.05, 3.63) is 36.4 Å². The fourth-order valence-corrected chi connectivity index (χ4v) is 3.31. The fourth-order valence-electron chi connectivity index (χ4n) is 3.31. The number of carbonyl (C=O) groups excluding carboxylic acids is 2. The first kappa shape index (κ1) is 22.1. The molecule has 1 saturated heterocycles. The molecule has 1 N–H and O–H groups in total. The van der Waals surface area contributed by atoms with Crippen LogP contribution in [0.2, 0.25) is 0 Å². The average molecular weight is 436 g/mol. The molecule has 0 radical (unpaired) electrons. The van der Waals surface area contributed by atoms with Crippen LogP contribution < -0.4 is 29.2 Å². The molecule has 31 heavy (non-hydrogen) atoms. The fraction of sp³-hybridized carbons (Fsp3) is 0.333. The Kier molecular flexibility index (Phi) is 6.78. The Morgan fingerprint density at radius 2 is 1.77 bits per heavy atom. The number of rotatable bonds is 8. The van der Waals surface area contributed by atoms with Crippen molar-refractivity contribution in [2.24, 2.45) is 5.92 Å². The first-order valence-corrected chi connectivity index (χ1v) is 9.32. The molecule has 1 heterocycles. The molecule has 0 aliphatic carbocycles. The van der Waals surface area contributed by atoms with Gasteiger partial charge in [0, 0.05) is 30.8 Å². The van der Waals surface area contributed by atoms with Gasteiger partial charge in [-0.05, 0) is 24.3 Å². The van der Waals surface area contributed by atoms with E-state index in [0.29, 0.717) is 17.2 Å². The summed E-state index contributed by atoms with van der Waals surface area (Å²) in [6, 6.07) is 9.17. The summed E-state index contributed by atoms with van der Waals surface area (Å²) < 4.78 is 45.1. The monoisotopic (exact) mass is 436 g/mol. The van der Waals surface area contributed by atoms with Gasteiger partial charge in [0.1, 0.15) is 11.5 Å². The Morgan fingerprint density at radius 3 is 2.42 bits per heavy atom. The van der Waals surface area contributed by atoms with Crippen LogP contribution in [0.15, 0.2) is 36.4 Å². The number of nitrogens with zero attached hydrogens (tertiary/aromatic N) is 1. The summed E-state index contributed by atoms with van der Waals surface area (Å²) in [6.45, 7) is -2.90. The Bertz CT molecular complexity index is 969. The summed E-state index contributed by atoms with van der Waals surface area (Å²) in [5.74, 6) is -0.382. The molecule has 8 nitrogen and oxygen atoms in total. The van der Waals surface area contributed by atoms with Gasteiger partial charge in [0.05, 0.1) is 32.9 Å². The van der Waals surface area contributed by atoms with Crippen LogP contribution >= 0.6 is 0 Å². The van der Waals surface area contributed by atoms with E-state index in [-0.39, 0.29) is 36.1 Å². The van der Waals surface area contributed by atoms with Crippen molar-refractivity contribution in [3.8, 4) is 23.0 Å². The molecule has 2 aromatic carbocycles. The van der Waals surface area contributed by atoms with E-state index in [0.717, 1.165) is 0 Å². The molecule has 1 unspecified atom stereocenters. The van der Waals surface area contributed by atoms with Gasteiger partial charge in [-0.2, -0.15) is 8.78 Å².